The van der Waals surface area contributed by atoms with Crippen LogP contribution in [0.2, 0.25) is 0 Å². The summed E-state index contributed by atoms with van der Waals surface area (Å²) in [6, 6.07) is 11.7. The lowest BCUT2D eigenvalue weighted by Gasteiger charge is -2.06. The van der Waals surface area contributed by atoms with Crippen molar-refractivity contribution < 1.29 is 9.52 Å². The predicted molar refractivity (Wildman–Crippen MR) is 73.9 cm³/mol. The van der Waals surface area contributed by atoms with E-state index in [1.807, 2.05) is 37.3 Å². The summed E-state index contributed by atoms with van der Waals surface area (Å²) in [7, 11) is 0. The molecular formula is C16H15NO2. The molecule has 2 aromatic heterocycles. The molecule has 0 aliphatic rings. The first kappa shape index (κ1) is 11.9. The van der Waals surface area contributed by atoms with Gasteiger partial charge in [-0.15, -0.1) is 0 Å². The van der Waals surface area contributed by atoms with Crippen LogP contribution in [-0.4, -0.2) is 10.1 Å². The molecule has 0 saturated heterocycles. The molecule has 3 aromatic rings. The number of hydrogen-bond acceptors (Lipinski definition) is 3. The highest BCUT2D eigenvalue weighted by atomic mass is 16.4. The van der Waals surface area contributed by atoms with Gasteiger partial charge in [-0.25, -0.2) is 0 Å². The Hall–Kier alpha value is -2.13. The Balaban J connectivity index is 1.87. The number of aliphatic hydroxyl groups is 1. The highest BCUT2D eigenvalue weighted by Crippen LogP contribution is 2.26. The smallest absolute Gasteiger partial charge is 0.134 e. The van der Waals surface area contributed by atoms with E-state index in [0.717, 1.165) is 16.5 Å². The van der Waals surface area contributed by atoms with Crippen molar-refractivity contribution in [3.8, 4) is 0 Å². The van der Waals surface area contributed by atoms with Crippen molar-refractivity contribution in [3.63, 3.8) is 0 Å². The van der Waals surface area contributed by atoms with Crippen LogP contribution >= 0.6 is 0 Å². The first-order chi connectivity index (χ1) is 9.22. The monoisotopic (exact) mass is 253 g/mol. The van der Waals surface area contributed by atoms with Gasteiger partial charge in [0.2, 0.25) is 0 Å². The summed E-state index contributed by atoms with van der Waals surface area (Å²) < 4.78 is 5.69. The Morgan fingerprint density at radius 2 is 1.95 bits per heavy atom. The lowest BCUT2D eigenvalue weighted by molar-refractivity contribution is 0.152. The van der Waals surface area contributed by atoms with Crippen molar-refractivity contribution in [1.82, 2.24) is 4.98 Å². The van der Waals surface area contributed by atoms with Crippen LogP contribution in [0.25, 0.3) is 11.0 Å². The van der Waals surface area contributed by atoms with Gasteiger partial charge in [-0.3, -0.25) is 4.98 Å². The van der Waals surface area contributed by atoms with Crippen molar-refractivity contribution in [2.45, 2.75) is 19.4 Å². The fraction of sp³-hybridized carbons (Fsp3) is 0.188. The van der Waals surface area contributed by atoms with Crippen molar-refractivity contribution >= 4 is 11.0 Å². The number of aryl methyl sites for hydroxylation is 1. The maximum Gasteiger partial charge on any atom is 0.134 e. The summed E-state index contributed by atoms with van der Waals surface area (Å²) in [4.78, 5) is 3.96. The van der Waals surface area contributed by atoms with Crippen LogP contribution in [0, 0.1) is 6.92 Å². The number of hydrogen-bond donors (Lipinski definition) is 1. The van der Waals surface area contributed by atoms with E-state index in [0.29, 0.717) is 12.2 Å². The maximum atomic E-state index is 10.2. The van der Waals surface area contributed by atoms with E-state index in [4.69, 9.17) is 4.42 Å². The maximum absolute atomic E-state index is 10.2. The first-order valence-electron chi connectivity index (χ1n) is 6.29. The molecule has 0 fully saturated rings. The van der Waals surface area contributed by atoms with Crippen LogP contribution in [0.1, 0.15) is 23.0 Å². The Bertz CT molecular complexity index is 688. The van der Waals surface area contributed by atoms with Gasteiger partial charge in [0.25, 0.3) is 0 Å². The van der Waals surface area contributed by atoms with Crippen LogP contribution < -0.4 is 0 Å². The molecule has 0 radical (unpaired) electrons. The normalized spacial score (nSPS) is 12.7. The largest absolute Gasteiger partial charge is 0.458 e. The fourth-order valence-electron chi connectivity index (χ4n) is 2.19. The lowest BCUT2D eigenvalue weighted by atomic mass is 10.1. The molecule has 1 aromatic carbocycles. The number of benzene rings is 1. The minimum absolute atomic E-state index is 0.529. The minimum atomic E-state index is -0.630. The highest BCUT2D eigenvalue weighted by Gasteiger charge is 2.14. The summed E-state index contributed by atoms with van der Waals surface area (Å²) in [6.07, 6.45) is 3.35. The Morgan fingerprint density at radius 3 is 2.74 bits per heavy atom. The molecule has 3 nitrogen and oxygen atoms in total. The van der Waals surface area contributed by atoms with E-state index in [1.165, 1.54) is 5.56 Å². The molecule has 0 spiro atoms. The van der Waals surface area contributed by atoms with Gasteiger partial charge < -0.3 is 9.52 Å². The summed E-state index contributed by atoms with van der Waals surface area (Å²) in [5.41, 5.74) is 3.04. The van der Waals surface area contributed by atoms with Crippen molar-refractivity contribution in [1.29, 1.82) is 0 Å². The number of aliphatic hydroxyl groups excluding tert-OH is 1. The molecule has 2 heterocycles. The second-order valence-corrected chi connectivity index (χ2v) is 4.77. The van der Waals surface area contributed by atoms with E-state index in [9.17, 15) is 5.11 Å². The van der Waals surface area contributed by atoms with Gasteiger partial charge in [0.15, 0.2) is 0 Å². The van der Waals surface area contributed by atoms with Crippen LogP contribution in [0.15, 0.2) is 53.2 Å². The number of rotatable bonds is 3. The lowest BCUT2D eigenvalue weighted by Crippen LogP contribution is -2.00. The van der Waals surface area contributed by atoms with Crippen LogP contribution in [0.4, 0.5) is 0 Å². The molecule has 0 aliphatic heterocycles. The topological polar surface area (TPSA) is 46.3 Å². The number of furan rings is 1. The average molecular weight is 253 g/mol. The molecule has 0 saturated carbocycles. The van der Waals surface area contributed by atoms with Crippen LogP contribution in [0.5, 0.6) is 0 Å². The van der Waals surface area contributed by atoms with Crippen molar-refractivity contribution in [2.75, 3.05) is 0 Å². The third-order valence-electron chi connectivity index (χ3n) is 3.20. The molecule has 3 rings (SSSR count). The SMILES string of the molecule is Cc1ccc2oc(C(O)Cc3ccncc3)cc2c1. The molecule has 19 heavy (non-hydrogen) atoms. The standard InChI is InChI=1S/C16H15NO2/c1-11-2-3-15-13(8-11)10-16(19-15)14(18)9-12-4-6-17-7-5-12/h2-8,10,14,18H,9H2,1H3. The second-order valence-electron chi connectivity index (χ2n) is 4.77. The van der Waals surface area contributed by atoms with Crippen LogP contribution in [0.3, 0.4) is 0 Å². The van der Waals surface area contributed by atoms with Gasteiger partial charge in [0.1, 0.15) is 17.4 Å². The van der Waals surface area contributed by atoms with Gasteiger partial charge in [-0.05, 0) is 42.8 Å². The van der Waals surface area contributed by atoms with Gasteiger partial charge in [0.05, 0.1) is 0 Å². The average Bonchev–Trinajstić information content (AvgIpc) is 2.83. The van der Waals surface area contributed by atoms with Gasteiger partial charge in [-0.1, -0.05) is 11.6 Å². The number of aromatic nitrogens is 1. The van der Waals surface area contributed by atoms with Gasteiger partial charge in [-0.2, -0.15) is 0 Å². The second kappa shape index (κ2) is 4.86. The molecule has 1 N–H and O–H groups in total. The van der Waals surface area contributed by atoms with Crippen molar-refractivity contribution in [3.05, 3.63) is 65.7 Å². The molecular weight excluding hydrogens is 238 g/mol. The Labute approximate surface area is 111 Å². The van der Waals surface area contributed by atoms with E-state index >= 15 is 0 Å². The highest BCUT2D eigenvalue weighted by molar-refractivity contribution is 5.78. The Kier molecular flexibility index (Phi) is 3.05. The van der Waals surface area contributed by atoms with Crippen LogP contribution in [-0.2, 0) is 6.42 Å². The predicted octanol–water partition coefficient (Wildman–Crippen LogP) is 3.41. The summed E-state index contributed by atoms with van der Waals surface area (Å²) in [5, 5.41) is 11.3. The zero-order valence-corrected chi connectivity index (χ0v) is 10.7. The van der Waals surface area contributed by atoms with Gasteiger partial charge >= 0.3 is 0 Å². The summed E-state index contributed by atoms with van der Waals surface area (Å²) in [5.74, 6) is 0.609. The molecule has 3 heteroatoms. The zero-order chi connectivity index (χ0) is 13.2. The summed E-state index contributed by atoms with van der Waals surface area (Å²) >= 11 is 0. The quantitative estimate of drug-likeness (QED) is 0.778. The number of nitrogens with zero attached hydrogens (tertiary/aromatic N) is 1. The molecule has 1 unspecified atom stereocenters. The zero-order valence-electron chi connectivity index (χ0n) is 10.7. The van der Waals surface area contributed by atoms with E-state index in [1.54, 1.807) is 12.4 Å². The minimum Gasteiger partial charge on any atom is -0.458 e. The number of fused-ring (bicyclic) bond motifs is 1. The molecule has 96 valence electrons. The third-order valence-corrected chi connectivity index (χ3v) is 3.20. The molecule has 1 atom stereocenters. The molecule has 0 amide bonds. The van der Waals surface area contributed by atoms with Crippen molar-refractivity contribution in [2.24, 2.45) is 0 Å². The third kappa shape index (κ3) is 2.51. The first-order valence-corrected chi connectivity index (χ1v) is 6.29. The summed E-state index contributed by atoms with van der Waals surface area (Å²) in [6.45, 7) is 2.04. The van der Waals surface area contributed by atoms with E-state index in [-0.39, 0.29) is 0 Å². The molecule has 0 bridgehead atoms. The number of pyridine rings is 1. The Morgan fingerprint density at radius 1 is 1.16 bits per heavy atom. The molecule has 0 aliphatic carbocycles. The van der Waals surface area contributed by atoms with E-state index < -0.39 is 6.10 Å². The van der Waals surface area contributed by atoms with E-state index in [2.05, 4.69) is 11.1 Å². The van der Waals surface area contributed by atoms with Gasteiger partial charge in [0, 0.05) is 24.2 Å². The fourth-order valence-corrected chi connectivity index (χ4v) is 2.19.